The zero-order valence-electron chi connectivity index (χ0n) is 14.7. The first kappa shape index (κ1) is 18.9. The van der Waals surface area contributed by atoms with Gasteiger partial charge in [-0.25, -0.2) is 4.99 Å². The molecule has 1 amide bonds. The molecule has 4 heteroatoms. The van der Waals surface area contributed by atoms with Crippen molar-refractivity contribution in [3.05, 3.63) is 12.7 Å². The molecular weight excluding hydrogens is 274 g/mol. The highest BCUT2D eigenvalue weighted by Crippen LogP contribution is 2.27. The first-order chi connectivity index (χ1) is 10.6. The molecule has 3 unspecified atom stereocenters. The highest BCUT2D eigenvalue weighted by Gasteiger charge is 2.42. The van der Waals surface area contributed by atoms with Gasteiger partial charge < -0.3 is 5.32 Å². The number of hydrogen-bond donors (Lipinski definition) is 1. The van der Waals surface area contributed by atoms with E-state index in [0.717, 1.165) is 30.4 Å². The topological polar surface area (TPSA) is 41.5 Å². The molecule has 1 rings (SSSR count). The number of quaternary nitrogens is 1. The van der Waals surface area contributed by atoms with Crippen LogP contribution in [-0.2, 0) is 4.79 Å². The SMILES string of the molecule is C=CCCCCCCCC1N=CC[N+]1(CC)C(C)NC(C)=O. The summed E-state index contributed by atoms with van der Waals surface area (Å²) in [4.78, 5) is 16.1. The van der Waals surface area contributed by atoms with Gasteiger partial charge in [0.1, 0.15) is 6.54 Å². The minimum atomic E-state index is 0.0475. The van der Waals surface area contributed by atoms with Gasteiger partial charge in [-0.1, -0.05) is 25.3 Å². The van der Waals surface area contributed by atoms with Crippen LogP contribution >= 0.6 is 0 Å². The van der Waals surface area contributed by atoms with Gasteiger partial charge in [0.2, 0.25) is 5.91 Å². The second kappa shape index (κ2) is 9.78. The van der Waals surface area contributed by atoms with Crippen molar-refractivity contribution in [2.75, 3.05) is 13.1 Å². The number of hydrogen-bond acceptors (Lipinski definition) is 2. The third kappa shape index (κ3) is 5.24. The molecule has 0 aliphatic carbocycles. The van der Waals surface area contributed by atoms with Crippen LogP contribution < -0.4 is 5.32 Å². The third-order valence-electron chi connectivity index (χ3n) is 4.94. The van der Waals surface area contributed by atoms with Gasteiger partial charge in [0.15, 0.2) is 12.3 Å². The number of amides is 1. The Balaban J connectivity index is 2.41. The Morgan fingerprint density at radius 3 is 2.73 bits per heavy atom. The van der Waals surface area contributed by atoms with Crippen molar-refractivity contribution in [2.45, 2.75) is 78.0 Å². The lowest BCUT2D eigenvalue weighted by atomic mass is 10.1. The van der Waals surface area contributed by atoms with E-state index in [2.05, 4.69) is 32.0 Å². The summed E-state index contributed by atoms with van der Waals surface area (Å²) in [5.74, 6) is 0.0475. The molecule has 0 fully saturated rings. The van der Waals surface area contributed by atoms with E-state index in [1.54, 1.807) is 6.92 Å². The first-order valence-corrected chi connectivity index (χ1v) is 8.83. The molecule has 3 atom stereocenters. The summed E-state index contributed by atoms with van der Waals surface area (Å²) >= 11 is 0. The zero-order chi connectivity index (χ0) is 16.4. The summed E-state index contributed by atoms with van der Waals surface area (Å²) in [5, 5.41) is 3.08. The van der Waals surface area contributed by atoms with Gasteiger partial charge >= 0.3 is 0 Å². The Bertz CT molecular complexity index is 381. The Hall–Kier alpha value is -1.16. The maximum atomic E-state index is 11.4. The quantitative estimate of drug-likeness (QED) is 0.353. The lowest BCUT2D eigenvalue weighted by molar-refractivity contribution is -0.959. The number of nitrogens with zero attached hydrogens (tertiary/aromatic N) is 2. The van der Waals surface area contributed by atoms with Gasteiger partial charge in [-0.2, -0.15) is 0 Å². The number of carbonyl (C=O) groups is 1. The number of nitrogens with one attached hydrogen (secondary N) is 1. The minimum absolute atomic E-state index is 0.0475. The smallest absolute Gasteiger partial charge is 0.221 e. The largest absolute Gasteiger partial charge is 0.307 e. The molecule has 126 valence electrons. The molecule has 1 aliphatic rings. The van der Waals surface area contributed by atoms with E-state index in [1.807, 2.05) is 6.08 Å². The summed E-state index contributed by atoms with van der Waals surface area (Å²) in [6.07, 6.45) is 13.1. The predicted octanol–water partition coefficient (Wildman–Crippen LogP) is 3.63. The molecule has 0 aromatic carbocycles. The standard InChI is InChI=1S/C18H33N3O/c1-5-7-8-9-10-11-12-13-18-19-14-15-21(18,6-2)16(3)20-17(4)22/h5,14,16,18H,1,6-13,15H2,2-4H3/p+1. The van der Waals surface area contributed by atoms with E-state index in [0.29, 0.717) is 6.17 Å². The molecular formula is C18H34N3O+. The Morgan fingerprint density at radius 2 is 2.09 bits per heavy atom. The Kier molecular flexibility index (Phi) is 8.39. The summed E-state index contributed by atoms with van der Waals surface area (Å²) in [6, 6.07) is 0. The molecule has 0 bridgehead atoms. The van der Waals surface area contributed by atoms with Gasteiger partial charge in [0.25, 0.3) is 0 Å². The van der Waals surface area contributed by atoms with Crippen molar-refractivity contribution in [2.24, 2.45) is 4.99 Å². The van der Waals surface area contributed by atoms with Crippen LogP contribution in [0.25, 0.3) is 0 Å². The molecule has 22 heavy (non-hydrogen) atoms. The highest BCUT2D eigenvalue weighted by molar-refractivity contribution is 5.73. The van der Waals surface area contributed by atoms with E-state index in [4.69, 9.17) is 4.99 Å². The molecule has 1 heterocycles. The van der Waals surface area contributed by atoms with Gasteiger partial charge in [-0.3, -0.25) is 9.28 Å². The van der Waals surface area contributed by atoms with Crippen molar-refractivity contribution in [1.29, 1.82) is 0 Å². The highest BCUT2D eigenvalue weighted by atomic mass is 16.1. The fourth-order valence-corrected chi connectivity index (χ4v) is 3.51. The maximum Gasteiger partial charge on any atom is 0.221 e. The van der Waals surface area contributed by atoms with E-state index in [-0.39, 0.29) is 12.1 Å². The second-order valence-electron chi connectivity index (χ2n) is 6.42. The zero-order valence-corrected chi connectivity index (χ0v) is 14.7. The minimum Gasteiger partial charge on any atom is -0.307 e. The normalized spacial score (nSPS) is 25.1. The molecule has 4 nitrogen and oxygen atoms in total. The number of allylic oxidation sites excluding steroid dienone is 1. The van der Waals surface area contributed by atoms with Crippen molar-refractivity contribution >= 4 is 12.1 Å². The summed E-state index contributed by atoms with van der Waals surface area (Å²) < 4.78 is 0.871. The van der Waals surface area contributed by atoms with Gasteiger partial charge in [-0.05, 0) is 26.2 Å². The first-order valence-electron chi connectivity index (χ1n) is 8.83. The van der Waals surface area contributed by atoms with E-state index >= 15 is 0 Å². The fourth-order valence-electron chi connectivity index (χ4n) is 3.51. The summed E-state index contributed by atoms with van der Waals surface area (Å²) in [6.45, 7) is 11.6. The van der Waals surface area contributed by atoms with E-state index in [1.165, 1.54) is 32.1 Å². The van der Waals surface area contributed by atoms with Gasteiger partial charge in [0.05, 0.1) is 12.8 Å². The monoisotopic (exact) mass is 308 g/mol. The molecule has 0 spiro atoms. The maximum absolute atomic E-state index is 11.4. The number of aliphatic imine (C=N–C) groups is 1. The van der Waals surface area contributed by atoms with Gasteiger partial charge in [0, 0.05) is 20.3 Å². The van der Waals surface area contributed by atoms with Crippen molar-refractivity contribution in [3.63, 3.8) is 0 Å². The van der Waals surface area contributed by atoms with Crippen LogP contribution in [0, 0.1) is 0 Å². The van der Waals surface area contributed by atoms with Crippen molar-refractivity contribution in [3.8, 4) is 0 Å². The van der Waals surface area contributed by atoms with Crippen LogP contribution in [0.1, 0.15) is 65.7 Å². The molecule has 1 aliphatic heterocycles. The third-order valence-corrected chi connectivity index (χ3v) is 4.94. The van der Waals surface area contributed by atoms with Gasteiger partial charge in [-0.15, -0.1) is 6.58 Å². The lowest BCUT2D eigenvalue weighted by Gasteiger charge is -2.42. The number of rotatable bonds is 11. The molecule has 0 aromatic heterocycles. The molecule has 0 aromatic rings. The summed E-state index contributed by atoms with van der Waals surface area (Å²) in [5.41, 5.74) is 0. The van der Waals surface area contributed by atoms with Crippen LogP contribution in [0.4, 0.5) is 0 Å². The van der Waals surface area contributed by atoms with Crippen LogP contribution in [0.2, 0.25) is 0 Å². The van der Waals surface area contributed by atoms with Crippen LogP contribution in [0.3, 0.4) is 0 Å². The van der Waals surface area contributed by atoms with Crippen LogP contribution in [-0.4, -0.2) is 42.0 Å². The fraction of sp³-hybridized carbons (Fsp3) is 0.778. The lowest BCUT2D eigenvalue weighted by Crippen LogP contribution is -2.63. The molecule has 1 N–H and O–H groups in total. The Labute approximate surface area is 136 Å². The molecule has 0 saturated heterocycles. The molecule has 0 radical (unpaired) electrons. The predicted molar refractivity (Wildman–Crippen MR) is 93.7 cm³/mol. The second-order valence-corrected chi connectivity index (χ2v) is 6.42. The number of unbranched alkanes of at least 4 members (excludes halogenated alkanes) is 5. The molecule has 0 saturated carbocycles. The average Bonchev–Trinajstić information content (AvgIpc) is 2.90. The average molecular weight is 308 g/mol. The number of carbonyl (C=O) groups excluding carboxylic acids is 1. The summed E-state index contributed by atoms with van der Waals surface area (Å²) in [7, 11) is 0. The van der Waals surface area contributed by atoms with Crippen LogP contribution in [0.15, 0.2) is 17.6 Å². The van der Waals surface area contributed by atoms with Crippen molar-refractivity contribution in [1.82, 2.24) is 5.32 Å². The van der Waals surface area contributed by atoms with Crippen LogP contribution in [0.5, 0.6) is 0 Å². The van der Waals surface area contributed by atoms with Crippen molar-refractivity contribution < 1.29 is 9.28 Å². The Morgan fingerprint density at radius 1 is 1.41 bits per heavy atom. The van der Waals surface area contributed by atoms with E-state index < -0.39 is 0 Å². The van der Waals surface area contributed by atoms with E-state index in [9.17, 15) is 4.79 Å².